The van der Waals surface area contributed by atoms with Crippen LogP contribution in [0.3, 0.4) is 0 Å². The van der Waals surface area contributed by atoms with Crippen LogP contribution in [0.5, 0.6) is 5.75 Å². The van der Waals surface area contributed by atoms with Crippen molar-refractivity contribution in [3.8, 4) is 11.4 Å². The minimum atomic E-state index is -3.85. The Morgan fingerprint density at radius 2 is 2.00 bits per heavy atom. The molecule has 0 amide bonds. The van der Waals surface area contributed by atoms with Gasteiger partial charge in [0.15, 0.2) is 0 Å². The molecule has 0 saturated carbocycles. The lowest BCUT2D eigenvalue weighted by Crippen LogP contribution is -2.15. The van der Waals surface area contributed by atoms with Gasteiger partial charge in [-0.3, -0.25) is 4.72 Å². The van der Waals surface area contributed by atoms with Gasteiger partial charge >= 0.3 is 0 Å². The molecule has 0 fully saturated rings. The van der Waals surface area contributed by atoms with Crippen molar-refractivity contribution in [1.82, 2.24) is 20.2 Å². The third-order valence-corrected chi connectivity index (χ3v) is 4.84. The molecule has 0 unspecified atom stereocenters. The SMILES string of the molecule is COc1ccc(S(=O)(=O)Nc2ccccc2-n2cnnn2)cc1Cl. The van der Waals surface area contributed by atoms with Crippen molar-refractivity contribution >= 4 is 27.3 Å². The second kappa shape index (κ2) is 6.46. The number of nitrogens with zero attached hydrogens (tertiary/aromatic N) is 4. The summed E-state index contributed by atoms with van der Waals surface area (Å²) in [5.74, 6) is 0.393. The van der Waals surface area contributed by atoms with Crippen molar-refractivity contribution in [3.05, 3.63) is 53.8 Å². The van der Waals surface area contributed by atoms with Gasteiger partial charge in [0.1, 0.15) is 12.1 Å². The second-order valence-corrected chi connectivity index (χ2v) is 6.76. The minimum Gasteiger partial charge on any atom is -0.495 e. The molecule has 2 aromatic carbocycles. The van der Waals surface area contributed by atoms with E-state index < -0.39 is 10.0 Å². The van der Waals surface area contributed by atoms with Gasteiger partial charge in [0, 0.05) is 0 Å². The Bertz CT molecular complexity index is 960. The van der Waals surface area contributed by atoms with Gasteiger partial charge in [-0.2, -0.15) is 4.68 Å². The Balaban J connectivity index is 1.98. The molecular formula is C14H12ClN5O3S. The quantitative estimate of drug-likeness (QED) is 0.743. The monoisotopic (exact) mass is 365 g/mol. The Labute approximate surface area is 143 Å². The minimum absolute atomic E-state index is 0.0137. The highest BCUT2D eigenvalue weighted by molar-refractivity contribution is 7.92. The molecule has 0 radical (unpaired) electrons. The Morgan fingerprint density at radius 1 is 1.21 bits per heavy atom. The molecule has 3 aromatic rings. The fourth-order valence-corrected chi connectivity index (χ4v) is 3.47. The van der Waals surface area contributed by atoms with Crippen molar-refractivity contribution in [2.24, 2.45) is 0 Å². The number of para-hydroxylation sites is 2. The molecule has 24 heavy (non-hydrogen) atoms. The Morgan fingerprint density at radius 3 is 2.67 bits per heavy atom. The summed E-state index contributed by atoms with van der Waals surface area (Å²) >= 11 is 6.00. The number of aromatic nitrogens is 4. The van der Waals surface area contributed by atoms with Crippen LogP contribution in [0.4, 0.5) is 5.69 Å². The first-order valence-corrected chi connectivity index (χ1v) is 8.56. The van der Waals surface area contributed by atoms with Crippen molar-refractivity contribution < 1.29 is 13.2 Å². The highest BCUT2D eigenvalue weighted by Crippen LogP contribution is 2.28. The number of benzene rings is 2. The molecular weight excluding hydrogens is 354 g/mol. The van der Waals surface area contributed by atoms with E-state index in [4.69, 9.17) is 16.3 Å². The van der Waals surface area contributed by atoms with Crippen molar-refractivity contribution in [3.63, 3.8) is 0 Å². The molecule has 0 aliphatic heterocycles. The van der Waals surface area contributed by atoms with Crippen molar-refractivity contribution in [2.45, 2.75) is 4.90 Å². The molecule has 124 valence electrons. The molecule has 0 aliphatic carbocycles. The third kappa shape index (κ3) is 3.17. The molecule has 0 atom stereocenters. The number of hydrogen-bond donors (Lipinski definition) is 1. The summed E-state index contributed by atoms with van der Waals surface area (Å²) in [6.07, 6.45) is 1.37. The molecule has 8 nitrogen and oxygen atoms in total. The number of tetrazole rings is 1. The van der Waals surface area contributed by atoms with Crippen LogP contribution in [0.2, 0.25) is 5.02 Å². The van der Waals surface area contributed by atoms with E-state index >= 15 is 0 Å². The summed E-state index contributed by atoms with van der Waals surface area (Å²) in [5, 5.41) is 11.1. The lowest BCUT2D eigenvalue weighted by molar-refractivity contribution is 0.414. The second-order valence-electron chi connectivity index (χ2n) is 4.67. The van der Waals surface area contributed by atoms with Gasteiger partial charge in [0.05, 0.1) is 28.4 Å². The van der Waals surface area contributed by atoms with E-state index in [1.807, 2.05) is 0 Å². The maximum Gasteiger partial charge on any atom is 0.262 e. The maximum atomic E-state index is 12.6. The Kier molecular flexibility index (Phi) is 4.36. The molecule has 0 saturated heterocycles. The largest absolute Gasteiger partial charge is 0.495 e. The van der Waals surface area contributed by atoms with E-state index in [1.54, 1.807) is 24.3 Å². The molecule has 1 aromatic heterocycles. The lowest BCUT2D eigenvalue weighted by atomic mass is 10.3. The molecule has 0 bridgehead atoms. The molecule has 1 heterocycles. The number of anilines is 1. The van der Waals surface area contributed by atoms with Gasteiger partial charge in [0.2, 0.25) is 0 Å². The third-order valence-electron chi connectivity index (χ3n) is 3.18. The van der Waals surface area contributed by atoms with Gasteiger partial charge in [-0.05, 0) is 40.8 Å². The van der Waals surface area contributed by atoms with Gasteiger partial charge in [-0.1, -0.05) is 23.7 Å². The molecule has 1 N–H and O–H groups in total. The highest BCUT2D eigenvalue weighted by atomic mass is 35.5. The average molecular weight is 366 g/mol. The summed E-state index contributed by atoms with van der Waals surface area (Å²) in [5.41, 5.74) is 0.822. The first-order valence-electron chi connectivity index (χ1n) is 6.70. The van der Waals surface area contributed by atoms with Crippen LogP contribution in [0.25, 0.3) is 5.69 Å². The fourth-order valence-electron chi connectivity index (χ4n) is 2.05. The first kappa shape index (κ1) is 16.2. The average Bonchev–Trinajstić information content (AvgIpc) is 3.09. The smallest absolute Gasteiger partial charge is 0.262 e. The first-order chi connectivity index (χ1) is 11.5. The maximum absolute atomic E-state index is 12.6. The van der Waals surface area contributed by atoms with Crippen LogP contribution in [0.1, 0.15) is 0 Å². The van der Waals surface area contributed by atoms with Crippen LogP contribution in [0.15, 0.2) is 53.7 Å². The zero-order valence-corrected chi connectivity index (χ0v) is 14.0. The van der Waals surface area contributed by atoms with Crippen LogP contribution in [-0.4, -0.2) is 35.7 Å². The predicted octanol–water partition coefficient (Wildman–Crippen LogP) is 2.13. The number of halogens is 1. The van der Waals surface area contributed by atoms with Crippen molar-refractivity contribution in [1.29, 1.82) is 0 Å². The number of rotatable bonds is 5. The van der Waals surface area contributed by atoms with E-state index in [0.29, 0.717) is 17.1 Å². The van der Waals surface area contributed by atoms with E-state index in [9.17, 15) is 8.42 Å². The van der Waals surface area contributed by atoms with E-state index in [-0.39, 0.29) is 9.92 Å². The summed E-state index contributed by atoms with van der Waals surface area (Å²) in [4.78, 5) is 0.0137. The van der Waals surface area contributed by atoms with E-state index in [1.165, 1.54) is 36.3 Å². The van der Waals surface area contributed by atoms with Gasteiger partial charge < -0.3 is 4.74 Å². The molecule has 3 rings (SSSR count). The molecule has 10 heteroatoms. The zero-order chi connectivity index (χ0) is 17.2. The normalized spacial score (nSPS) is 11.2. The number of hydrogen-bond acceptors (Lipinski definition) is 6. The molecule has 0 aliphatic rings. The van der Waals surface area contributed by atoms with Crippen molar-refractivity contribution in [2.75, 3.05) is 11.8 Å². The number of sulfonamides is 1. The van der Waals surface area contributed by atoms with Crippen LogP contribution in [0, 0.1) is 0 Å². The van der Waals surface area contributed by atoms with E-state index in [0.717, 1.165) is 0 Å². The lowest BCUT2D eigenvalue weighted by Gasteiger charge is -2.12. The summed E-state index contributed by atoms with van der Waals surface area (Å²) < 4.78 is 34.1. The number of methoxy groups -OCH3 is 1. The van der Waals surface area contributed by atoms with Crippen LogP contribution < -0.4 is 9.46 Å². The summed E-state index contributed by atoms with van der Waals surface area (Å²) in [6.45, 7) is 0. The Hall–Kier alpha value is -2.65. The number of ether oxygens (including phenoxy) is 1. The van der Waals surface area contributed by atoms with Gasteiger partial charge in [-0.25, -0.2) is 8.42 Å². The van der Waals surface area contributed by atoms with E-state index in [2.05, 4.69) is 20.2 Å². The number of nitrogens with one attached hydrogen (secondary N) is 1. The zero-order valence-electron chi connectivity index (χ0n) is 12.4. The standard InChI is InChI=1S/C14H12ClN5O3S/c1-23-14-7-6-10(8-11(14)15)24(21,22)17-12-4-2-3-5-13(12)20-9-16-18-19-20/h2-9,17H,1H3. The van der Waals surface area contributed by atoms with Crippen LogP contribution >= 0.6 is 11.6 Å². The van der Waals surface area contributed by atoms with Gasteiger partial charge in [0.25, 0.3) is 10.0 Å². The predicted molar refractivity (Wildman–Crippen MR) is 88.0 cm³/mol. The summed E-state index contributed by atoms with van der Waals surface area (Å²) in [7, 11) is -2.39. The summed E-state index contributed by atoms with van der Waals surface area (Å²) in [6, 6.07) is 11.0. The topological polar surface area (TPSA) is 99.0 Å². The highest BCUT2D eigenvalue weighted by Gasteiger charge is 2.18. The van der Waals surface area contributed by atoms with Gasteiger partial charge in [-0.15, -0.1) is 5.10 Å². The van der Waals surface area contributed by atoms with Crippen LogP contribution in [-0.2, 0) is 10.0 Å². The fraction of sp³-hybridized carbons (Fsp3) is 0.0714. The molecule has 0 spiro atoms.